The topological polar surface area (TPSA) is 44.3 Å². The molecule has 0 spiro atoms. The quantitative estimate of drug-likeness (QED) is 0.735. The van der Waals surface area contributed by atoms with Crippen LogP contribution in [0.2, 0.25) is 0 Å². The lowest BCUT2D eigenvalue weighted by atomic mass is 9.82. The first-order valence-corrected chi connectivity index (χ1v) is 7.06. The molecule has 2 aliphatic rings. The van der Waals surface area contributed by atoms with E-state index in [1.165, 1.54) is 11.1 Å². The van der Waals surface area contributed by atoms with Crippen LogP contribution in [0.3, 0.4) is 0 Å². The molecule has 2 aliphatic heterocycles. The van der Waals surface area contributed by atoms with Gasteiger partial charge in [-0.2, -0.15) is 0 Å². The van der Waals surface area contributed by atoms with Gasteiger partial charge in [0.15, 0.2) is 0 Å². The van der Waals surface area contributed by atoms with Crippen LogP contribution in [0.5, 0.6) is 0 Å². The summed E-state index contributed by atoms with van der Waals surface area (Å²) in [5, 5.41) is 17.5. The van der Waals surface area contributed by atoms with Crippen LogP contribution < -0.4 is 10.6 Å². The average molecular weight is 246 g/mol. The summed E-state index contributed by atoms with van der Waals surface area (Å²) in [6.45, 7) is 3.05. The minimum absolute atomic E-state index is 0.123. The number of hydrogen-bond donors (Lipinski definition) is 3. The van der Waals surface area contributed by atoms with E-state index < -0.39 is 0 Å². The largest absolute Gasteiger partial charge is 0.391 e. The van der Waals surface area contributed by atoms with E-state index in [0.29, 0.717) is 5.92 Å². The van der Waals surface area contributed by atoms with Crippen molar-refractivity contribution in [3.05, 3.63) is 35.4 Å². The fraction of sp³-hybridized carbons (Fsp3) is 0.600. The molecular formula is C15H22N2O. The molecule has 3 nitrogen and oxygen atoms in total. The van der Waals surface area contributed by atoms with Gasteiger partial charge in [0.05, 0.1) is 12.1 Å². The van der Waals surface area contributed by atoms with Crippen LogP contribution in [-0.4, -0.2) is 30.8 Å². The highest BCUT2D eigenvalue weighted by atomic mass is 16.3. The molecule has 98 valence electrons. The summed E-state index contributed by atoms with van der Waals surface area (Å²) in [5.41, 5.74) is 2.70. The maximum atomic E-state index is 10.7. The molecule has 2 unspecified atom stereocenters. The van der Waals surface area contributed by atoms with E-state index in [1.807, 2.05) is 0 Å². The minimum Gasteiger partial charge on any atom is -0.391 e. The Kier molecular flexibility index (Phi) is 3.64. The van der Waals surface area contributed by atoms with Crippen LogP contribution >= 0.6 is 0 Å². The number of aliphatic hydroxyl groups excluding tert-OH is 1. The molecule has 3 rings (SSSR count). The Morgan fingerprint density at radius 2 is 1.89 bits per heavy atom. The molecule has 1 aromatic carbocycles. The highest BCUT2D eigenvalue weighted by molar-refractivity contribution is 5.33. The van der Waals surface area contributed by atoms with Crippen LogP contribution in [0.4, 0.5) is 0 Å². The van der Waals surface area contributed by atoms with Crippen LogP contribution in [-0.2, 0) is 6.42 Å². The van der Waals surface area contributed by atoms with Gasteiger partial charge in [0.2, 0.25) is 0 Å². The smallest absolute Gasteiger partial charge is 0.0764 e. The first-order chi connectivity index (χ1) is 8.86. The zero-order valence-electron chi connectivity index (χ0n) is 10.7. The number of nitrogens with one attached hydrogen (secondary N) is 2. The number of fused-ring (bicyclic) bond motifs is 1. The number of piperidine rings is 1. The molecule has 1 saturated heterocycles. The van der Waals surface area contributed by atoms with E-state index in [4.69, 9.17) is 0 Å². The van der Waals surface area contributed by atoms with Crippen molar-refractivity contribution >= 4 is 0 Å². The number of aliphatic hydroxyl groups is 1. The summed E-state index contributed by atoms with van der Waals surface area (Å²) in [6.07, 6.45) is 2.99. The van der Waals surface area contributed by atoms with Gasteiger partial charge in [-0.15, -0.1) is 0 Å². The molecule has 2 atom stereocenters. The maximum absolute atomic E-state index is 10.7. The van der Waals surface area contributed by atoms with E-state index in [0.717, 1.165) is 38.9 Å². The van der Waals surface area contributed by atoms with Crippen molar-refractivity contribution in [2.24, 2.45) is 5.92 Å². The summed E-state index contributed by atoms with van der Waals surface area (Å²) in [5.74, 6) is 0.426. The standard InChI is InChI=1S/C15H22N2O/c18-15(12-5-8-16-9-6-12)14-13-4-2-1-3-11(13)7-10-17-14/h1-4,12,14-18H,5-10H2. The van der Waals surface area contributed by atoms with Crippen molar-refractivity contribution in [3.63, 3.8) is 0 Å². The highest BCUT2D eigenvalue weighted by Crippen LogP contribution is 2.31. The summed E-state index contributed by atoms with van der Waals surface area (Å²) < 4.78 is 0. The van der Waals surface area contributed by atoms with Crippen molar-refractivity contribution in [1.82, 2.24) is 10.6 Å². The zero-order valence-corrected chi connectivity index (χ0v) is 10.7. The Morgan fingerprint density at radius 3 is 2.72 bits per heavy atom. The third-order valence-electron chi connectivity index (χ3n) is 4.36. The van der Waals surface area contributed by atoms with Gasteiger partial charge in [-0.25, -0.2) is 0 Å². The third kappa shape index (κ3) is 2.30. The first kappa shape index (κ1) is 12.2. The van der Waals surface area contributed by atoms with Crippen molar-refractivity contribution in [1.29, 1.82) is 0 Å². The molecule has 0 saturated carbocycles. The van der Waals surface area contributed by atoms with E-state index >= 15 is 0 Å². The summed E-state index contributed by atoms with van der Waals surface area (Å²) >= 11 is 0. The molecule has 0 bridgehead atoms. The number of rotatable bonds is 2. The lowest BCUT2D eigenvalue weighted by molar-refractivity contribution is 0.0508. The Labute approximate surface area is 109 Å². The monoisotopic (exact) mass is 246 g/mol. The molecule has 0 radical (unpaired) electrons. The number of hydrogen-bond acceptors (Lipinski definition) is 3. The molecule has 3 heteroatoms. The predicted molar refractivity (Wildman–Crippen MR) is 72.5 cm³/mol. The van der Waals surface area contributed by atoms with Gasteiger partial charge in [0.1, 0.15) is 0 Å². The summed E-state index contributed by atoms with van der Waals surface area (Å²) in [6, 6.07) is 8.65. The number of benzene rings is 1. The van der Waals surface area contributed by atoms with Crippen molar-refractivity contribution in [2.45, 2.75) is 31.4 Å². The van der Waals surface area contributed by atoms with Gasteiger partial charge in [-0.05, 0) is 55.9 Å². The van der Waals surface area contributed by atoms with E-state index in [9.17, 15) is 5.11 Å². The van der Waals surface area contributed by atoms with Crippen LogP contribution in [0, 0.1) is 5.92 Å². The molecule has 1 fully saturated rings. The predicted octanol–water partition coefficient (Wildman–Crippen LogP) is 1.23. The van der Waals surface area contributed by atoms with Crippen LogP contribution in [0.1, 0.15) is 30.0 Å². The molecule has 2 heterocycles. The summed E-state index contributed by atoms with van der Waals surface area (Å²) in [7, 11) is 0. The maximum Gasteiger partial charge on any atom is 0.0764 e. The normalized spacial score (nSPS) is 26.6. The van der Waals surface area contributed by atoms with Gasteiger partial charge in [-0.1, -0.05) is 24.3 Å². The van der Waals surface area contributed by atoms with Crippen LogP contribution in [0.15, 0.2) is 24.3 Å². The van der Waals surface area contributed by atoms with Gasteiger partial charge in [0, 0.05) is 0 Å². The van der Waals surface area contributed by atoms with E-state index in [-0.39, 0.29) is 12.1 Å². The minimum atomic E-state index is -0.256. The SMILES string of the molecule is OC(C1CCNCC1)C1NCCc2ccccc21. The lowest BCUT2D eigenvalue weighted by Crippen LogP contribution is -2.44. The van der Waals surface area contributed by atoms with E-state index in [2.05, 4.69) is 34.9 Å². The Bertz CT molecular complexity index is 401. The first-order valence-electron chi connectivity index (χ1n) is 7.06. The second kappa shape index (κ2) is 5.39. The van der Waals surface area contributed by atoms with Gasteiger partial charge in [-0.3, -0.25) is 0 Å². The van der Waals surface area contributed by atoms with Gasteiger partial charge >= 0.3 is 0 Å². The zero-order chi connectivity index (χ0) is 12.4. The molecule has 18 heavy (non-hydrogen) atoms. The second-order valence-electron chi connectivity index (χ2n) is 5.46. The molecular weight excluding hydrogens is 224 g/mol. The molecule has 0 amide bonds. The van der Waals surface area contributed by atoms with Crippen molar-refractivity contribution in [3.8, 4) is 0 Å². The molecule has 0 aromatic heterocycles. The molecule has 0 aliphatic carbocycles. The Hall–Kier alpha value is -0.900. The Balaban J connectivity index is 1.80. The molecule has 1 aromatic rings. The average Bonchev–Trinajstić information content (AvgIpc) is 2.47. The van der Waals surface area contributed by atoms with Gasteiger partial charge < -0.3 is 15.7 Å². The van der Waals surface area contributed by atoms with Crippen molar-refractivity contribution in [2.75, 3.05) is 19.6 Å². The molecule has 3 N–H and O–H groups in total. The van der Waals surface area contributed by atoms with Crippen molar-refractivity contribution < 1.29 is 5.11 Å². The lowest BCUT2D eigenvalue weighted by Gasteiger charge is -2.36. The van der Waals surface area contributed by atoms with Gasteiger partial charge in [0.25, 0.3) is 0 Å². The Morgan fingerprint density at radius 1 is 1.11 bits per heavy atom. The third-order valence-corrected chi connectivity index (χ3v) is 4.36. The highest BCUT2D eigenvalue weighted by Gasteiger charge is 2.32. The fourth-order valence-corrected chi connectivity index (χ4v) is 3.30. The fourth-order valence-electron chi connectivity index (χ4n) is 3.30. The second-order valence-corrected chi connectivity index (χ2v) is 5.46. The van der Waals surface area contributed by atoms with Crippen LogP contribution in [0.25, 0.3) is 0 Å². The van der Waals surface area contributed by atoms with E-state index in [1.54, 1.807) is 0 Å². The summed E-state index contributed by atoms with van der Waals surface area (Å²) in [4.78, 5) is 0.